The van der Waals surface area contributed by atoms with Crippen LogP contribution < -0.4 is 10.1 Å². The number of ether oxygens (including phenoxy) is 1. The Bertz CT molecular complexity index is 902. The minimum atomic E-state index is -0.229. The van der Waals surface area contributed by atoms with Crippen LogP contribution in [0.25, 0.3) is 17.3 Å². The first-order valence-electron chi connectivity index (χ1n) is 7.93. The highest BCUT2D eigenvalue weighted by Gasteiger charge is 2.06. The summed E-state index contributed by atoms with van der Waals surface area (Å²) in [6.07, 6.45) is 8.33. The zero-order valence-corrected chi connectivity index (χ0v) is 14.8. The summed E-state index contributed by atoms with van der Waals surface area (Å²) >= 11 is 1.38. The zero-order valence-electron chi connectivity index (χ0n) is 14.0. The van der Waals surface area contributed by atoms with E-state index in [4.69, 9.17) is 4.74 Å². The van der Waals surface area contributed by atoms with Gasteiger partial charge in [0.05, 0.1) is 5.69 Å². The Kier molecular flexibility index (Phi) is 5.90. The van der Waals surface area contributed by atoms with Gasteiger partial charge in [-0.1, -0.05) is 24.8 Å². The minimum absolute atomic E-state index is 0.229. The highest BCUT2D eigenvalue weighted by molar-refractivity contribution is 7.14. The van der Waals surface area contributed by atoms with Gasteiger partial charge in [0.2, 0.25) is 5.91 Å². The third-order valence-corrected chi connectivity index (χ3v) is 4.14. The van der Waals surface area contributed by atoms with Crippen LogP contribution in [0, 0.1) is 0 Å². The SMILES string of the molecule is C=CCOc1ccc(/C=C/C(=O)Nc2nc(-c3ccncc3)cs2)cc1. The van der Waals surface area contributed by atoms with Crippen molar-refractivity contribution in [2.24, 2.45) is 0 Å². The standard InChI is InChI=1S/C20H17N3O2S/c1-2-13-25-17-6-3-15(4-7-17)5-8-19(24)23-20-22-18(14-26-20)16-9-11-21-12-10-16/h2-12,14H,1,13H2,(H,22,23,24)/b8-5+. The summed E-state index contributed by atoms with van der Waals surface area (Å²) in [7, 11) is 0. The van der Waals surface area contributed by atoms with Crippen molar-refractivity contribution in [3.05, 3.63) is 78.5 Å². The number of carbonyl (C=O) groups excluding carboxylic acids is 1. The van der Waals surface area contributed by atoms with E-state index in [1.807, 2.05) is 41.8 Å². The number of nitrogens with zero attached hydrogens (tertiary/aromatic N) is 2. The molecule has 1 aromatic carbocycles. The fourth-order valence-corrected chi connectivity index (χ4v) is 2.86. The minimum Gasteiger partial charge on any atom is -0.490 e. The second-order valence-electron chi connectivity index (χ2n) is 5.27. The van der Waals surface area contributed by atoms with Crippen molar-refractivity contribution in [1.82, 2.24) is 9.97 Å². The van der Waals surface area contributed by atoms with Gasteiger partial charge in [-0.3, -0.25) is 15.1 Å². The molecule has 130 valence electrons. The molecule has 0 aliphatic heterocycles. The topological polar surface area (TPSA) is 64.1 Å². The number of hydrogen-bond donors (Lipinski definition) is 1. The van der Waals surface area contributed by atoms with Crippen LogP contribution in [0.4, 0.5) is 5.13 Å². The monoisotopic (exact) mass is 363 g/mol. The first-order valence-corrected chi connectivity index (χ1v) is 8.81. The normalized spacial score (nSPS) is 10.6. The van der Waals surface area contributed by atoms with Crippen molar-refractivity contribution < 1.29 is 9.53 Å². The molecule has 2 aromatic heterocycles. The van der Waals surface area contributed by atoms with Crippen LogP contribution in [-0.2, 0) is 4.79 Å². The fourth-order valence-electron chi connectivity index (χ4n) is 2.14. The van der Waals surface area contributed by atoms with E-state index in [1.54, 1.807) is 24.5 Å². The summed E-state index contributed by atoms with van der Waals surface area (Å²) in [5.41, 5.74) is 2.68. The van der Waals surface area contributed by atoms with Gasteiger partial charge in [-0.2, -0.15) is 0 Å². The molecule has 0 unspecified atom stereocenters. The van der Waals surface area contributed by atoms with E-state index in [0.717, 1.165) is 22.6 Å². The number of pyridine rings is 1. The highest BCUT2D eigenvalue weighted by Crippen LogP contribution is 2.24. The van der Waals surface area contributed by atoms with Crippen LogP contribution in [0.5, 0.6) is 5.75 Å². The van der Waals surface area contributed by atoms with E-state index in [0.29, 0.717) is 11.7 Å². The van der Waals surface area contributed by atoms with Gasteiger partial charge in [0.25, 0.3) is 0 Å². The van der Waals surface area contributed by atoms with Crippen LogP contribution in [0.3, 0.4) is 0 Å². The fraction of sp³-hybridized carbons (Fsp3) is 0.0500. The smallest absolute Gasteiger partial charge is 0.250 e. The van der Waals surface area contributed by atoms with Gasteiger partial charge in [0, 0.05) is 29.4 Å². The molecule has 0 aliphatic rings. The van der Waals surface area contributed by atoms with Crippen LogP contribution in [0.15, 0.2) is 72.9 Å². The second-order valence-corrected chi connectivity index (χ2v) is 6.12. The van der Waals surface area contributed by atoms with Gasteiger partial charge in [0.15, 0.2) is 5.13 Å². The van der Waals surface area contributed by atoms with Gasteiger partial charge in [0.1, 0.15) is 12.4 Å². The van der Waals surface area contributed by atoms with Gasteiger partial charge in [-0.05, 0) is 35.9 Å². The summed E-state index contributed by atoms with van der Waals surface area (Å²) < 4.78 is 5.42. The molecule has 26 heavy (non-hydrogen) atoms. The lowest BCUT2D eigenvalue weighted by atomic mass is 10.2. The Morgan fingerprint density at radius 1 is 1.19 bits per heavy atom. The number of carbonyl (C=O) groups is 1. The van der Waals surface area contributed by atoms with Crippen molar-refractivity contribution in [3.63, 3.8) is 0 Å². The number of hydrogen-bond acceptors (Lipinski definition) is 5. The molecule has 1 N–H and O–H groups in total. The van der Waals surface area contributed by atoms with Crippen molar-refractivity contribution in [3.8, 4) is 17.0 Å². The lowest BCUT2D eigenvalue weighted by Gasteiger charge is -2.02. The van der Waals surface area contributed by atoms with Crippen molar-refractivity contribution in [1.29, 1.82) is 0 Å². The van der Waals surface area contributed by atoms with Crippen LogP contribution in [-0.4, -0.2) is 22.5 Å². The molecule has 0 saturated carbocycles. The molecule has 0 bridgehead atoms. The lowest BCUT2D eigenvalue weighted by Crippen LogP contribution is -2.07. The maximum Gasteiger partial charge on any atom is 0.250 e. The Hall–Kier alpha value is -3.25. The van der Waals surface area contributed by atoms with E-state index < -0.39 is 0 Å². The third-order valence-electron chi connectivity index (χ3n) is 3.39. The summed E-state index contributed by atoms with van der Waals surface area (Å²) in [5, 5.41) is 5.23. The number of amides is 1. The molecule has 0 spiro atoms. The molecule has 0 aliphatic carbocycles. The average Bonchev–Trinajstić information content (AvgIpc) is 3.14. The maximum atomic E-state index is 12.1. The number of anilines is 1. The number of nitrogens with one attached hydrogen (secondary N) is 1. The molecule has 1 amide bonds. The largest absolute Gasteiger partial charge is 0.490 e. The van der Waals surface area contributed by atoms with Gasteiger partial charge in [-0.25, -0.2) is 4.98 Å². The number of rotatable bonds is 7. The van der Waals surface area contributed by atoms with E-state index in [9.17, 15) is 4.79 Å². The molecule has 0 fully saturated rings. The van der Waals surface area contributed by atoms with Crippen LogP contribution in [0.1, 0.15) is 5.56 Å². The first kappa shape index (κ1) is 17.6. The van der Waals surface area contributed by atoms with Gasteiger partial charge >= 0.3 is 0 Å². The van der Waals surface area contributed by atoms with E-state index in [-0.39, 0.29) is 5.91 Å². The predicted molar refractivity (Wildman–Crippen MR) is 105 cm³/mol. The quantitative estimate of drug-likeness (QED) is 0.498. The Morgan fingerprint density at radius 3 is 2.69 bits per heavy atom. The summed E-state index contributed by atoms with van der Waals surface area (Å²) in [6.45, 7) is 4.07. The van der Waals surface area contributed by atoms with E-state index in [1.165, 1.54) is 17.4 Å². The average molecular weight is 363 g/mol. The highest BCUT2D eigenvalue weighted by atomic mass is 32.1. The second kappa shape index (κ2) is 8.73. The predicted octanol–water partition coefficient (Wildman–Crippen LogP) is 4.42. The molecule has 0 radical (unpaired) electrons. The molecule has 0 atom stereocenters. The van der Waals surface area contributed by atoms with Crippen molar-refractivity contribution in [2.75, 3.05) is 11.9 Å². The third kappa shape index (κ3) is 4.87. The van der Waals surface area contributed by atoms with Crippen molar-refractivity contribution in [2.45, 2.75) is 0 Å². The van der Waals surface area contributed by atoms with Gasteiger partial charge < -0.3 is 4.74 Å². The molecule has 0 saturated heterocycles. The Labute approximate surface area is 155 Å². The molecule has 3 rings (SSSR count). The van der Waals surface area contributed by atoms with Crippen molar-refractivity contribution >= 4 is 28.5 Å². The molecular formula is C20H17N3O2S. The molecule has 5 nitrogen and oxygen atoms in total. The zero-order chi connectivity index (χ0) is 18.2. The molecule has 2 heterocycles. The first-order chi connectivity index (χ1) is 12.7. The van der Waals surface area contributed by atoms with Gasteiger partial charge in [-0.15, -0.1) is 11.3 Å². The summed E-state index contributed by atoms with van der Waals surface area (Å²) in [4.78, 5) is 20.5. The Morgan fingerprint density at radius 2 is 1.96 bits per heavy atom. The lowest BCUT2D eigenvalue weighted by molar-refractivity contribution is -0.111. The molecule has 6 heteroatoms. The van der Waals surface area contributed by atoms with Crippen LogP contribution >= 0.6 is 11.3 Å². The van der Waals surface area contributed by atoms with E-state index >= 15 is 0 Å². The number of benzene rings is 1. The molecular weight excluding hydrogens is 346 g/mol. The number of thiazole rings is 1. The Balaban J connectivity index is 1.58. The van der Waals surface area contributed by atoms with Crippen LogP contribution in [0.2, 0.25) is 0 Å². The summed E-state index contributed by atoms with van der Waals surface area (Å²) in [6, 6.07) is 11.2. The maximum absolute atomic E-state index is 12.1. The van der Waals surface area contributed by atoms with E-state index in [2.05, 4.69) is 21.9 Å². The molecule has 3 aromatic rings. The number of aromatic nitrogens is 2. The summed E-state index contributed by atoms with van der Waals surface area (Å²) in [5.74, 6) is 0.533.